The zero-order valence-electron chi connectivity index (χ0n) is 16.0. The number of nitrogens with zero attached hydrogens (tertiary/aromatic N) is 2. The number of nitrogens with one attached hydrogen (secondary N) is 1. The van der Waals surface area contributed by atoms with Crippen LogP contribution in [0.5, 0.6) is 5.75 Å². The monoisotopic (exact) mass is 387 g/mol. The van der Waals surface area contributed by atoms with Crippen LogP contribution in [0.1, 0.15) is 17.5 Å². The van der Waals surface area contributed by atoms with Crippen LogP contribution >= 0.6 is 0 Å². The molecule has 146 valence electrons. The molecule has 4 rings (SSSR count). The number of hydrogen-bond acceptors (Lipinski definition) is 5. The minimum Gasteiger partial charge on any atom is -0.497 e. The molecule has 1 atom stereocenters. The SMILES string of the molecule is COc1ccc(N2C(=O)C[C@@H](Nc3ccc(Cc4ccncc4)cc3)C2=O)cc1. The predicted molar refractivity (Wildman–Crippen MR) is 111 cm³/mol. The first-order chi connectivity index (χ1) is 14.1. The third-order valence-electron chi connectivity index (χ3n) is 4.93. The van der Waals surface area contributed by atoms with Gasteiger partial charge in [-0.1, -0.05) is 12.1 Å². The predicted octanol–water partition coefficient (Wildman–Crippen LogP) is 3.43. The number of hydrogen-bond donors (Lipinski definition) is 1. The zero-order chi connectivity index (χ0) is 20.2. The van der Waals surface area contributed by atoms with Crippen molar-refractivity contribution in [3.05, 3.63) is 84.2 Å². The lowest BCUT2D eigenvalue weighted by atomic mass is 10.1. The summed E-state index contributed by atoms with van der Waals surface area (Å²) in [6, 6.07) is 18.2. The van der Waals surface area contributed by atoms with Gasteiger partial charge in [-0.2, -0.15) is 0 Å². The molecule has 2 aromatic carbocycles. The lowest BCUT2D eigenvalue weighted by molar-refractivity contribution is -0.121. The van der Waals surface area contributed by atoms with Gasteiger partial charge in [-0.25, -0.2) is 4.90 Å². The molecule has 1 saturated heterocycles. The summed E-state index contributed by atoms with van der Waals surface area (Å²) < 4.78 is 5.13. The molecular formula is C23H21N3O3. The molecule has 6 nitrogen and oxygen atoms in total. The molecule has 0 aliphatic carbocycles. The average Bonchev–Trinajstić information content (AvgIpc) is 3.03. The van der Waals surface area contributed by atoms with Gasteiger partial charge in [0.05, 0.1) is 19.2 Å². The molecule has 0 spiro atoms. The second-order valence-corrected chi connectivity index (χ2v) is 6.90. The summed E-state index contributed by atoms with van der Waals surface area (Å²) in [6.45, 7) is 0. The van der Waals surface area contributed by atoms with Crippen LogP contribution in [0.15, 0.2) is 73.1 Å². The summed E-state index contributed by atoms with van der Waals surface area (Å²) in [6.07, 6.45) is 4.50. The molecule has 1 fully saturated rings. The van der Waals surface area contributed by atoms with E-state index in [0.29, 0.717) is 11.4 Å². The summed E-state index contributed by atoms with van der Waals surface area (Å²) >= 11 is 0. The van der Waals surface area contributed by atoms with Crippen LogP contribution in [0.4, 0.5) is 11.4 Å². The second-order valence-electron chi connectivity index (χ2n) is 6.90. The molecule has 1 N–H and O–H groups in total. The molecule has 0 bridgehead atoms. The number of rotatable bonds is 6. The summed E-state index contributed by atoms with van der Waals surface area (Å²) in [7, 11) is 1.57. The molecular weight excluding hydrogens is 366 g/mol. The van der Waals surface area contributed by atoms with E-state index in [4.69, 9.17) is 4.74 Å². The first-order valence-corrected chi connectivity index (χ1v) is 9.39. The smallest absolute Gasteiger partial charge is 0.256 e. The molecule has 0 unspecified atom stereocenters. The van der Waals surface area contributed by atoms with Crippen molar-refractivity contribution >= 4 is 23.2 Å². The third kappa shape index (κ3) is 4.11. The number of aromatic nitrogens is 1. The van der Waals surface area contributed by atoms with Crippen LogP contribution in [0.25, 0.3) is 0 Å². The van der Waals surface area contributed by atoms with E-state index >= 15 is 0 Å². The highest BCUT2D eigenvalue weighted by Gasteiger charge is 2.39. The first-order valence-electron chi connectivity index (χ1n) is 9.39. The van der Waals surface area contributed by atoms with Crippen LogP contribution in [-0.2, 0) is 16.0 Å². The van der Waals surface area contributed by atoms with Crippen molar-refractivity contribution in [2.24, 2.45) is 0 Å². The van der Waals surface area contributed by atoms with Crippen LogP contribution < -0.4 is 15.0 Å². The van der Waals surface area contributed by atoms with Crippen molar-refractivity contribution in [1.82, 2.24) is 4.98 Å². The third-order valence-corrected chi connectivity index (χ3v) is 4.93. The number of benzene rings is 2. The number of carbonyl (C=O) groups is 2. The number of ether oxygens (including phenoxy) is 1. The summed E-state index contributed by atoms with van der Waals surface area (Å²) in [4.78, 5) is 30.5. The topological polar surface area (TPSA) is 71.5 Å². The Labute approximate surface area is 169 Å². The maximum Gasteiger partial charge on any atom is 0.256 e. The van der Waals surface area contributed by atoms with Gasteiger partial charge in [0.15, 0.2) is 0 Å². The van der Waals surface area contributed by atoms with E-state index in [9.17, 15) is 9.59 Å². The average molecular weight is 387 g/mol. The van der Waals surface area contributed by atoms with Crippen molar-refractivity contribution in [3.8, 4) is 5.75 Å². The number of anilines is 2. The highest BCUT2D eigenvalue weighted by Crippen LogP contribution is 2.27. The van der Waals surface area contributed by atoms with Crippen molar-refractivity contribution in [1.29, 1.82) is 0 Å². The van der Waals surface area contributed by atoms with Gasteiger partial charge in [0, 0.05) is 18.1 Å². The maximum absolute atomic E-state index is 12.8. The molecule has 1 aromatic heterocycles. The normalized spacial score (nSPS) is 16.2. The van der Waals surface area contributed by atoms with Gasteiger partial charge in [-0.3, -0.25) is 14.6 Å². The van der Waals surface area contributed by atoms with E-state index in [2.05, 4.69) is 10.3 Å². The lowest BCUT2D eigenvalue weighted by Gasteiger charge is -2.16. The molecule has 6 heteroatoms. The Hall–Kier alpha value is -3.67. The fourth-order valence-corrected chi connectivity index (χ4v) is 3.40. The molecule has 0 radical (unpaired) electrons. The van der Waals surface area contributed by atoms with Crippen molar-refractivity contribution in [3.63, 3.8) is 0 Å². The van der Waals surface area contributed by atoms with Crippen LogP contribution in [0.3, 0.4) is 0 Å². The van der Waals surface area contributed by atoms with Crippen molar-refractivity contribution < 1.29 is 14.3 Å². The highest BCUT2D eigenvalue weighted by atomic mass is 16.5. The number of methoxy groups -OCH3 is 1. The Kier molecular flexibility index (Phi) is 5.24. The van der Waals surface area contributed by atoms with E-state index in [1.807, 2.05) is 36.4 Å². The Morgan fingerprint density at radius 2 is 1.62 bits per heavy atom. The quantitative estimate of drug-likeness (QED) is 0.656. The van der Waals surface area contributed by atoms with E-state index < -0.39 is 6.04 Å². The van der Waals surface area contributed by atoms with Gasteiger partial charge < -0.3 is 10.1 Å². The standard InChI is InChI=1S/C23H21N3O3/c1-29-20-8-6-19(7-9-20)26-22(27)15-21(23(26)28)25-18-4-2-16(3-5-18)14-17-10-12-24-13-11-17/h2-13,21,25H,14-15H2,1H3/t21-/m1/s1. The summed E-state index contributed by atoms with van der Waals surface area (Å²) in [5.74, 6) is 0.211. The van der Waals surface area contributed by atoms with Gasteiger partial charge in [0.1, 0.15) is 11.8 Å². The number of imide groups is 1. The van der Waals surface area contributed by atoms with E-state index in [-0.39, 0.29) is 18.2 Å². The molecule has 1 aliphatic heterocycles. The van der Waals surface area contributed by atoms with Crippen LogP contribution in [0, 0.1) is 0 Å². The largest absolute Gasteiger partial charge is 0.497 e. The molecule has 0 saturated carbocycles. The Balaban J connectivity index is 1.43. The zero-order valence-corrected chi connectivity index (χ0v) is 16.0. The first kappa shape index (κ1) is 18.7. The molecule has 29 heavy (non-hydrogen) atoms. The van der Waals surface area contributed by atoms with E-state index in [0.717, 1.165) is 17.7 Å². The van der Waals surface area contributed by atoms with Crippen molar-refractivity contribution in [2.45, 2.75) is 18.9 Å². The fraction of sp³-hybridized carbons (Fsp3) is 0.174. The maximum atomic E-state index is 12.8. The summed E-state index contributed by atoms with van der Waals surface area (Å²) in [5, 5.41) is 3.19. The Bertz CT molecular complexity index is 1000. The minimum absolute atomic E-state index is 0.129. The van der Waals surface area contributed by atoms with Gasteiger partial charge >= 0.3 is 0 Å². The molecule has 1 aliphatic rings. The Morgan fingerprint density at radius 1 is 0.966 bits per heavy atom. The van der Waals surface area contributed by atoms with Crippen LogP contribution in [0.2, 0.25) is 0 Å². The van der Waals surface area contributed by atoms with Gasteiger partial charge in [-0.15, -0.1) is 0 Å². The van der Waals surface area contributed by atoms with Gasteiger partial charge in [0.2, 0.25) is 5.91 Å². The van der Waals surface area contributed by atoms with Crippen molar-refractivity contribution in [2.75, 3.05) is 17.3 Å². The number of carbonyl (C=O) groups excluding carboxylic acids is 2. The van der Waals surface area contributed by atoms with Gasteiger partial charge in [0.25, 0.3) is 5.91 Å². The molecule has 3 aromatic rings. The molecule has 2 amide bonds. The van der Waals surface area contributed by atoms with Crippen LogP contribution in [-0.4, -0.2) is 29.9 Å². The number of amides is 2. The fourth-order valence-electron chi connectivity index (χ4n) is 3.40. The number of pyridine rings is 1. The highest BCUT2D eigenvalue weighted by molar-refractivity contribution is 6.23. The molecule has 2 heterocycles. The minimum atomic E-state index is -0.573. The van der Waals surface area contributed by atoms with E-state index in [1.54, 1.807) is 43.8 Å². The van der Waals surface area contributed by atoms with E-state index in [1.165, 1.54) is 10.5 Å². The second kappa shape index (κ2) is 8.14. The Morgan fingerprint density at radius 3 is 2.28 bits per heavy atom. The lowest BCUT2D eigenvalue weighted by Crippen LogP contribution is -2.34. The summed E-state index contributed by atoms with van der Waals surface area (Å²) in [5.41, 5.74) is 3.71. The van der Waals surface area contributed by atoms with Gasteiger partial charge in [-0.05, 0) is 66.1 Å².